The van der Waals surface area contributed by atoms with Gasteiger partial charge in [-0.15, -0.1) is 0 Å². The van der Waals surface area contributed by atoms with E-state index >= 15 is 0 Å². The molecule has 0 saturated carbocycles. The molecule has 0 aromatic carbocycles. The maximum absolute atomic E-state index is 8.61. The maximum atomic E-state index is 8.61. The van der Waals surface area contributed by atoms with Crippen LogP contribution >= 0.6 is 12.0 Å². The third-order valence-electron chi connectivity index (χ3n) is 0.557. The summed E-state index contributed by atoms with van der Waals surface area (Å²) < 4.78 is 4.66. The summed E-state index contributed by atoms with van der Waals surface area (Å²) >= 11 is 1.18. The third-order valence-corrected chi connectivity index (χ3v) is 0.971. The van der Waals surface area contributed by atoms with Crippen molar-refractivity contribution in [2.45, 2.75) is 19.6 Å². The number of aliphatic hydroxyl groups excluding tert-OH is 1. The van der Waals surface area contributed by atoms with Crippen molar-refractivity contribution >= 4 is 12.0 Å². The molecule has 0 fully saturated rings. The predicted molar refractivity (Wildman–Crippen MR) is 30.9 cm³/mol. The third kappa shape index (κ3) is 4.12. The minimum atomic E-state index is -0.588. The molecular weight excluding hydrogens is 112 g/mol. The van der Waals surface area contributed by atoms with Crippen LogP contribution in [0.3, 0.4) is 0 Å². The minimum Gasteiger partial charge on any atom is -0.367 e. The van der Waals surface area contributed by atoms with Crippen molar-refractivity contribution < 1.29 is 9.29 Å². The second kappa shape index (κ2) is 4.43. The maximum Gasteiger partial charge on any atom is 0.167 e. The van der Waals surface area contributed by atoms with Gasteiger partial charge in [-0.1, -0.05) is 6.92 Å². The summed E-state index contributed by atoms with van der Waals surface area (Å²) in [5.74, 6) is 0. The highest BCUT2D eigenvalue weighted by atomic mass is 32.2. The molecule has 7 heavy (non-hydrogen) atoms. The fourth-order valence-corrected chi connectivity index (χ4v) is 0.537. The van der Waals surface area contributed by atoms with Crippen LogP contribution in [0.4, 0.5) is 0 Å². The topological polar surface area (TPSA) is 29.5 Å². The summed E-state index contributed by atoms with van der Waals surface area (Å²) in [6.45, 7) is 1.86. The van der Waals surface area contributed by atoms with E-state index in [1.54, 1.807) is 6.26 Å². The van der Waals surface area contributed by atoms with Gasteiger partial charge >= 0.3 is 0 Å². The zero-order valence-electron chi connectivity index (χ0n) is 4.55. The van der Waals surface area contributed by atoms with Gasteiger partial charge in [-0.05, 0) is 18.5 Å². The van der Waals surface area contributed by atoms with Crippen molar-refractivity contribution in [3.8, 4) is 0 Å². The first-order valence-electron chi connectivity index (χ1n) is 2.18. The van der Waals surface area contributed by atoms with Crippen LogP contribution in [0.15, 0.2) is 0 Å². The van der Waals surface area contributed by atoms with E-state index in [1.165, 1.54) is 12.0 Å². The van der Waals surface area contributed by atoms with Crippen LogP contribution in [0, 0.1) is 0 Å². The highest BCUT2D eigenvalue weighted by Crippen LogP contribution is 2.01. The highest BCUT2D eigenvalue weighted by molar-refractivity contribution is 7.93. The van der Waals surface area contributed by atoms with Crippen molar-refractivity contribution in [1.82, 2.24) is 0 Å². The van der Waals surface area contributed by atoms with Crippen molar-refractivity contribution in [2.75, 3.05) is 6.26 Å². The molecule has 0 heterocycles. The fourth-order valence-electron chi connectivity index (χ4n) is 0.179. The molecule has 44 valence electrons. The average Bonchev–Trinajstić information content (AvgIpc) is 1.68. The summed E-state index contributed by atoms with van der Waals surface area (Å²) in [5.41, 5.74) is 0. The molecule has 0 aliphatic carbocycles. The van der Waals surface area contributed by atoms with Crippen LogP contribution < -0.4 is 0 Å². The molecule has 0 bridgehead atoms. The van der Waals surface area contributed by atoms with Crippen LogP contribution in [0.2, 0.25) is 0 Å². The monoisotopic (exact) mass is 122 g/mol. The summed E-state index contributed by atoms with van der Waals surface area (Å²) in [5, 5.41) is 8.61. The van der Waals surface area contributed by atoms with Gasteiger partial charge in [0.25, 0.3) is 0 Å². The molecule has 0 aliphatic heterocycles. The molecule has 0 aromatic rings. The summed E-state index contributed by atoms with van der Waals surface area (Å²) in [7, 11) is 0. The Morgan fingerprint density at radius 1 is 1.86 bits per heavy atom. The smallest absolute Gasteiger partial charge is 0.167 e. The lowest BCUT2D eigenvalue weighted by molar-refractivity contribution is -0.00269. The van der Waals surface area contributed by atoms with Crippen LogP contribution in [0.1, 0.15) is 13.3 Å². The van der Waals surface area contributed by atoms with Gasteiger partial charge in [-0.3, -0.25) is 4.18 Å². The Balaban J connectivity index is 2.83. The van der Waals surface area contributed by atoms with Gasteiger partial charge in [0.2, 0.25) is 0 Å². The van der Waals surface area contributed by atoms with E-state index in [0.29, 0.717) is 6.42 Å². The Bertz CT molecular complexity index is 40.7. The number of aliphatic hydroxyl groups is 1. The molecule has 0 spiro atoms. The molecule has 1 N–H and O–H groups in total. The van der Waals surface area contributed by atoms with Gasteiger partial charge in [0.1, 0.15) is 0 Å². The molecule has 1 atom stereocenters. The zero-order valence-corrected chi connectivity index (χ0v) is 5.36. The zero-order chi connectivity index (χ0) is 5.70. The van der Waals surface area contributed by atoms with E-state index in [9.17, 15) is 0 Å². The Morgan fingerprint density at radius 2 is 2.43 bits per heavy atom. The molecule has 0 rings (SSSR count). The van der Waals surface area contributed by atoms with Gasteiger partial charge in [0.05, 0.1) is 0 Å². The number of hydrogen-bond acceptors (Lipinski definition) is 3. The van der Waals surface area contributed by atoms with Crippen molar-refractivity contribution in [1.29, 1.82) is 0 Å². The molecule has 0 aliphatic rings. The molecule has 0 amide bonds. The fraction of sp³-hybridized carbons (Fsp3) is 1.00. The lowest BCUT2D eigenvalue weighted by Gasteiger charge is -2.02. The highest BCUT2D eigenvalue weighted by Gasteiger charge is 1.95. The van der Waals surface area contributed by atoms with E-state index in [1.807, 2.05) is 6.92 Å². The van der Waals surface area contributed by atoms with Gasteiger partial charge in [0, 0.05) is 6.26 Å². The Morgan fingerprint density at radius 3 is 2.57 bits per heavy atom. The van der Waals surface area contributed by atoms with Gasteiger partial charge in [-0.25, -0.2) is 0 Å². The first-order chi connectivity index (χ1) is 3.31. The van der Waals surface area contributed by atoms with Crippen LogP contribution in [0.25, 0.3) is 0 Å². The van der Waals surface area contributed by atoms with E-state index in [4.69, 9.17) is 5.11 Å². The van der Waals surface area contributed by atoms with Crippen molar-refractivity contribution in [3.05, 3.63) is 0 Å². The summed E-state index contributed by atoms with van der Waals surface area (Å²) in [6, 6.07) is 0. The Labute approximate surface area is 48.1 Å². The SMILES string of the molecule is CCC(O)OSC. The molecule has 1 unspecified atom stereocenters. The van der Waals surface area contributed by atoms with Crippen molar-refractivity contribution in [2.24, 2.45) is 0 Å². The second-order valence-electron chi connectivity index (χ2n) is 1.13. The molecule has 2 nitrogen and oxygen atoms in total. The number of rotatable bonds is 3. The standard InChI is InChI=1S/C4H10O2S/c1-3-4(5)6-7-2/h4-5H,3H2,1-2H3. The van der Waals surface area contributed by atoms with Crippen LogP contribution in [-0.4, -0.2) is 17.7 Å². The summed E-state index contributed by atoms with van der Waals surface area (Å²) in [4.78, 5) is 0. The lowest BCUT2D eigenvalue weighted by Crippen LogP contribution is -2.03. The Hall–Kier alpha value is 0.270. The molecular formula is C4H10O2S. The lowest BCUT2D eigenvalue weighted by atomic mass is 10.5. The quantitative estimate of drug-likeness (QED) is 0.447. The van der Waals surface area contributed by atoms with Gasteiger partial charge < -0.3 is 5.11 Å². The largest absolute Gasteiger partial charge is 0.367 e. The predicted octanol–water partition coefficient (Wildman–Crippen LogP) is 1.01. The van der Waals surface area contributed by atoms with Gasteiger partial charge in [-0.2, -0.15) is 0 Å². The molecule has 3 heteroatoms. The second-order valence-corrected chi connectivity index (χ2v) is 1.65. The summed E-state index contributed by atoms with van der Waals surface area (Å²) in [6.07, 6.45) is 1.84. The van der Waals surface area contributed by atoms with Crippen LogP contribution in [-0.2, 0) is 4.18 Å². The first-order valence-corrected chi connectivity index (χ1v) is 3.33. The van der Waals surface area contributed by atoms with E-state index in [-0.39, 0.29) is 0 Å². The van der Waals surface area contributed by atoms with E-state index in [2.05, 4.69) is 4.18 Å². The number of hydrogen-bond donors (Lipinski definition) is 1. The van der Waals surface area contributed by atoms with E-state index in [0.717, 1.165) is 0 Å². The molecule has 0 saturated heterocycles. The minimum absolute atomic E-state index is 0.588. The molecule has 0 aromatic heterocycles. The normalized spacial score (nSPS) is 14.1. The van der Waals surface area contributed by atoms with E-state index < -0.39 is 6.29 Å². The van der Waals surface area contributed by atoms with Crippen molar-refractivity contribution in [3.63, 3.8) is 0 Å². The van der Waals surface area contributed by atoms with Gasteiger partial charge in [0.15, 0.2) is 6.29 Å². The first kappa shape index (κ1) is 7.27. The average molecular weight is 122 g/mol. The molecule has 0 radical (unpaired) electrons. The van der Waals surface area contributed by atoms with Crippen LogP contribution in [0.5, 0.6) is 0 Å². The Kier molecular flexibility index (Phi) is 4.60.